The van der Waals surface area contributed by atoms with Crippen molar-refractivity contribution in [1.29, 1.82) is 5.26 Å². The van der Waals surface area contributed by atoms with Gasteiger partial charge in [-0.05, 0) is 12.8 Å². The van der Waals surface area contributed by atoms with Gasteiger partial charge in [-0.15, -0.1) is 0 Å². The first kappa shape index (κ1) is 10.3. The lowest BCUT2D eigenvalue weighted by Crippen LogP contribution is -2.34. The van der Waals surface area contributed by atoms with E-state index < -0.39 is 0 Å². The molecule has 2 rings (SSSR count). The fourth-order valence-corrected chi connectivity index (χ4v) is 2.15. The van der Waals surface area contributed by atoms with Crippen LogP contribution in [0.5, 0.6) is 0 Å². The fourth-order valence-electron chi connectivity index (χ4n) is 1.92. The van der Waals surface area contributed by atoms with Gasteiger partial charge >= 0.3 is 0 Å². The van der Waals surface area contributed by atoms with Crippen molar-refractivity contribution in [2.45, 2.75) is 12.8 Å². The summed E-state index contributed by atoms with van der Waals surface area (Å²) in [7, 11) is 1.94. The van der Waals surface area contributed by atoms with Crippen LogP contribution in [0.1, 0.15) is 12.8 Å². The van der Waals surface area contributed by atoms with E-state index in [2.05, 4.69) is 16.0 Å². The first-order valence-electron chi connectivity index (χ1n) is 5.04. The summed E-state index contributed by atoms with van der Waals surface area (Å²) in [5.41, 5.74) is 0. The van der Waals surface area contributed by atoms with E-state index in [-0.39, 0.29) is 5.92 Å². The van der Waals surface area contributed by atoms with Gasteiger partial charge in [0.15, 0.2) is 0 Å². The highest BCUT2D eigenvalue weighted by atomic mass is 35.5. The summed E-state index contributed by atoms with van der Waals surface area (Å²) >= 11 is 5.83. The maximum atomic E-state index is 8.80. The number of aryl methyl sites for hydroxylation is 1. The molecule has 1 aliphatic rings. The van der Waals surface area contributed by atoms with Gasteiger partial charge in [0, 0.05) is 32.3 Å². The molecule has 0 aromatic carbocycles. The Morgan fingerprint density at radius 1 is 1.53 bits per heavy atom. The number of nitrogens with zero attached hydrogens (tertiary/aromatic N) is 4. The summed E-state index contributed by atoms with van der Waals surface area (Å²) in [4.78, 5) is 6.44. The molecule has 1 saturated heterocycles. The van der Waals surface area contributed by atoms with Gasteiger partial charge in [-0.3, -0.25) is 0 Å². The van der Waals surface area contributed by atoms with Gasteiger partial charge in [-0.25, -0.2) is 4.98 Å². The third-order valence-corrected chi connectivity index (χ3v) is 2.96. The maximum Gasteiger partial charge on any atom is 0.206 e. The zero-order valence-corrected chi connectivity index (χ0v) is 9.41. The Morgan fingerprint density at radius 2 is 2.20 bits per heavy atom. The van der Waals surface area contributed by atoms with Crippen LogP contribution in [0.2, 0.25) is 5.15 Å². The smallest absolute Gasteiger partial charge is 0.206 e. The summed E-state index contributed by atoms with van der Waals surface area (Å²) in [6.45, 7) is 1.78. The SMILES string of the molecule is Cn1cc(Cl)nc1N1CCC(C#N)CC1. The molecule has 0 bridgehead atoms. The van der Waals surface area contributed by atoms with Gasteiger partial charge in [0.1, 0.15) is 5.15 Å². The molecule has 0 radical (unpaired) electrons. The normalized spacial score (nSPS) is 17.8. The highest BCUT2D eigenvalue weighted by Crippen LogP contribution is 2.22. The number of nitriles is 1. The Balaban J connectivity index is 2.08. The van der Waals surface area contributed by atoms with Crippen LogP contribution in [0.3, 0.4) is 0 Å². The third kappa shape index (κ3) is 2.07. The first-order chi connectivity index (χ1) is 7.20. The molecule has 5 heteroatoms. The van der Waals surface area contributed by atoms with Crippen LogP contribution in [0.25, 0.3) is 0 Å². The number of anilines is 1. The third-order valence-electron chi connectivity index (χ3n) is 2.78. The largest absolute Gasteiger partial charge is 0.342 e. The van der Waals surface area contributed by atoms with Crippen molar-refractivity contribution in [3.8, 4) is 6.07 Å². The van der Waals surface area contributed by atoms with E-state index in [0.717, 1.165) is 31.9 Å². The second kappa shape index (κ2) is 4.11. The molecule has 0 aliphatic carbocycles. The van der Waals surface area contributed by atoms with Gasteiger partial charge in [-0.1, -0.05) is 11.6 Å². The van der Waals surface area contributed by atoms with Crippen molar-refractivity contribution in [2.75, 3.05) is 18.0 Å². The van der Waals surface area contributed by atoms with Crippen LogP contribution in [0, 0.1) is 17.2 Å². The molecular weight excluding hydrogens is 212 g/mol. The molecule has 1 aliphatic heterocycles. The minimum absolute atomic E-state index is 0.206. The zero-order chi connectivity index (χ0) is 10.8. The minimum Gasteiger partial charge on any atom is -0.342 e. The van der Waals surface area contributed by atoms with E-state index in [9.17, 15) is 0 Å². The number of hydrogen-bond acceptors (Lipinski definition) is 3. The molecule has 2 heterocycles. The van der Waals surface area contributed by atoms with E-state index in [1.165, 1.54) is 0 Å². The topological polar surface area (TPSA) is 44.9 Å². The van der Waals surface area contributed by atoms with Crippen molar-refractivity contribution in [1.82, 2.24) is 9.55 Å². The van der Waals surface area contributed by atoms with Crippen LogP contribution in [0.15, 0.2) is 6.20 Å². The summed E-state index contributed by atoms with van der Waals surface area (Å²) in [5, 5.41) is 9.32. The lowest BCUT2D eigenvalue weighted by atomic mass is 9.99. The van der Waals surface area contributed by atoms with Crippen molar-refractivity contribution in [2.24, 2.45) is 13.0 Å². The summed E-state index contributed by atoms with van der Waals surface area (Å²) in [5.74, 6) is 1.10. The number of rotatable bonds is 1. The van der Waals surface area contributed by atoms with Crippen molar-refractivity contribution in [3.63, 3.8) is 0 Å². The van der Waals surface area contributed by atoms with Crippen LogP contribution in [-0.2, 0) is 7.05 Å². The van der Waals surface area contributed by atoms with E-state index in [1.54, 1.807) is 6.20 Å². The Bertz CT molecular complexity index is 385. The van der Waals surface area contributed by atoms with Crippen LogP contribution in [0.4, 0.5) is 5.95 Å². The molecule has 0 amide bonds. The Labute approximate surface area is 94.1 Å². The van der Waals surface area contributed by atoms with Crippen molar-refractivity contribution in [3.05, 3.63) is 11.3 Å². The van der Waals surface area contributed by atoms with Crippen molar-refractivity contribution < 1.29 is 0 Å². The standard InChI is InChI=1S/C10H13ClN4/c1-14-7-9(11)13-10(14)15-4-2-8(6-12)3-5-15/h7-8H,2-5H2,1H3. The molecule has 0 atom stereocenters. The number of imidazole rings is 1. The van der Waals surface area contributed by atoms with Gasteiger partial charge in [-0.2, -0.15) is 5.26 Å². The predicted octanol–water partition coefficient (Wildman–Crippen LogP) is 1.81. The number of hydrogen-bond donors (Lipinski definition) is 0. The van der Waals surface area contributed by atoms with Crippen LogP contribution < -0.4 is 4.90 Å². The van der Waals surface area contributed by atoms with Crippen LogP contribution >= 0.6 is 11.6 Å². The molecule has 1 aromatic heterocycles. The highest BCUT2D eigenvalue weighted by Gasteiger charge is 2.21. The molecule has 0 spiro atoms. The van der Waals surface area contributed by atoms with Gasteiger partial charge in [0.2, 0.25) is 5.95 Å². The van der Waals surface area contributed by atoms with E-state index >= 15 is 0 Å². The second-order valence-corrected chi connectivity index (χ2v) is 4.25. The quantitative estimate of drug-likeness (QED) is 0.731. The number of piperidine rings is 1. The summed E-state index contributed by atoms with van der Waals surface area (Å²) < 4.78 is 1.93. The Kier molecular flexibility index (Phi) is 2.83. The monoisotopic (exact) mass is 224 g/mol. The Hall–Kier alpha value is -1.21. The molecular formula is C10H13ClN4. The number of halogens is 1. The van der Waals surface area contributed by atoms with Crippen LogP contribution in [-0.4, -0.2) is 22.6 Å². The molecule has 80 valence electrons. The molecule has 1 aromatic rings. The average molecular weight is 225 g/mol. The molecule has 0 saturated carbocycles. The summed E-state index contributed by atoms with van der Waals surface area (Å²) in [6, 6.07) is 2.32. The van der Waals surface area contributed by atoms with E-state index in [1.807, 2.05) is 11.6 Å². The van der Waals surface area contributed by atoms with Crippen molar-refractivity contribution >= 4 is 17.5 Å². The number of aromatic nitrogens is 2. The lowest BCUT2D eigenvalue weighted by Gasteiger charge is -2.29. The highest BCUT2D eigenvalue weighted by molar-refractivity contribution is 6.29. The molecule has 4 nitrogen and oxygen atoms in total. The maximum absolute atomic E-state index is 8.80. The minimum atomic E-state index is 0.206. The van der Waals surface area contributed by atoms with Gasteiger partial charge in [0.25, 0.3) is 0 Å². The average Bonchev–Trinajstić information content (AvgIpc) is 2.58. The zero-order valence-electron chi connectivity index (χ0n) is 8.65. The van der Waals surface area contributed by atoms with E-state index in [4.69, 9.17) is 16.9 Å². The lowest BCUT2D eigenvalue weighted by molar-refractivity contribution is 0.479. The predicted molar refractivity (Wildman–Crippen MR) is 58.8 cm³/mol. The second-order valence-electron chi connectivity index (χ2n) is 3.86. The molecule has 0 unspecified atom stereocenters. The summed E-state index contributed by atoms with van der Waals surface area (Å²) in [6.07, 6.45) is 3.63. The Morgan fingerprint density at radius 3 is 2.67 bits per heavy atom. The molecule has 15 heavy (non-hydrogen) atoms. The molecule has 0 N–H and O–H groups in total. The fraction of sp³-hybridized carbons (Fsp3) is 0.600. The first-order valence-corrected chi connectivity index (χ1v) is 5.42. The van der Waals surface area contributed by atoms with E-state index in [0.29, 0.717) is 5.15 Å². The van der Waals surface area contributed by atoms with Gasteiger partial charge < -0.3 is 9.47 Å². The molecule has 1 fully saturated rings. The van der Waals surface area contributed by atoms with Gasteiger partial charge in [0.05, 0.1) is 6.07 Å².